The van der Waals surface area contributed by atoms with Crippen molar-refractivity contribution in [2.75, 3.05) is 12.4 Å². The highest BCUT2D eigenvalue weighted by Gasteiger charge is 2.14. The zero-order valence-corrected chi connectivity index (χ0v) is 14.4. The van der Waals surface area contributed by atoms with E-state index in [1.807, 2.05) is 54.7 Å². The molecule has 0 saturated heterocycles. The molecule has 0 aliphatic rings. The van der Waals surface area contributed by atoms with Crippen molar-refractivity contribution in [1.82, 2.24) is 29.4 Å². The van der Waals surface area contributed by atoms with Gasteiger partial charge in [0.2, 0.25) is 11.6 Å². The van der Waals surface area contributed by atoms with Gasteiger partial charge in [-0.25, -0.2) is 4.68 Å². The molecule has 5 aromatic rings. The number of ether oxygens (including phenoxy) is 1. The zero-order chi connectivity index (χ0) is 18.2. The SMILES string of the molecule is COc1ccc(-n2cccn2)n2nc(Nc3ccc4ncccc4c3)nc12. The van der Waals surface area contributed by atoms with Crippen LogP contribution in [0.2, 0.25) is 0 Å². The van der Waals surface area contributed by atoms with E-state index in [9.17, 15) is 0 Å². The Balaban J connectivity index is 1.59. The van der Waals surface area contributed by atoms with Gasteiger partial charge in [-0.1, -0.05) is 6.07 Å². The van der Waals surface area contributed by atoms with Crippen molar-refractivity contribution < 1.29 is 4.74 Å². The molecule has 0 saturated carbocycles. The number of rotatable bonds is 4. The molecule has 0 amide bonds. The molecular weight excluding hydrogens is 342 g/mol. The first-order valence-electron chi connectivity index (χ1n) is 8.37. The summed E-state index contributed by atoms with van der Waals surface area (Å²) in [4.78, 5) is 8.93. The van der Waals surface area contributed by atoms with E-state index in [2.05, 4.69) is 25.5 Å². The minimum atomic E-state index is 0.469. The number of nitrogens with zero attached hydrogens (tertiary/aromatic N) is 6. The Morgan fingerprint density at radius 2 is 2.00 bits per heavy atom. The Labute approximate surface area is 154 Å². The number of aromatic nitrogens is 6. The van der Waals surface area contributed by atoms with Crippen molar-refractivity contribution in [3.63, 3.8) is 0 Å². The summed E-state index contributed by atoms with van der Waals surface area (Å²) in [7, 11) is 1.61. The molecule has 0 aliphatic carbocycles. The molecule has 0 aliphatic heterocycles. The van der Waals surface area contributed by atoms with Gasteiger partial charge in [-0.15, -0.1) is 5.10 Å². The summed E-state index contributed by atoms with van der Waals surface area (Å²) < 4.78 is 8.87. The third kappa shape index (κ3) is 2.63. The lowest BCUT2D eigenvalue weighted by molar-refractivity contribution is 0.416. The number of hydrogen-bond acceptors (Lipinski definition) is 6. The molecule has 8 heteroatoms. The number of methoxy groups -OCH3 is 1. The van der Waals surface area contributed by atoms with Crippen LogP contribution >= 0.6 is 0 Å². The highest BCUT2D eigenvalue weighted by atomic mass is 16.5. The van der Waals surface area contributed by atoms with E-state index in [0.717, 1.165) is 22.4 Å². The molecule has 0 fully saturated rings. The number of nitrogens with one attached hydrogen (secondary N) is 1. The minimum absolute atomic E-state index is 0.469. The largest absolute Gasteiger partial charge is 0.493 e. The highest BCUT2D eigenvalue weighted by molar-refractivity contribution is 5.82. The third-order valence-electron chi connectivity index (χ3n) is 4.25. The fourth-order valence-electron chi connectivity index (χ4n) is 3.00. The fourth-order valence-corrected chi connectivity index (χ4v) is 3.00. The first kappa shape index (κ1) is 15.3. The average molecular weight is 357 g/mol. The van der Waals surface area contributed by atoms with Crippen LogP contribution in [0.4, 0.5) is 11.6 Å². The normalized spacial score (nSPS) is 11.1. The average Bonchev–Trinajstić information content (AvgIpc) is 3.37. The molecule has 1 N–H and O–H groups in total. The molecule has 0 spiro atoms. The van der Waals surface area contributed by atoms with Crippen molar-refractivity contribution in [2.24, 2.45) is 0 Å². The van der Waals surface area contributed by atoms with Gasteiger partial charge in [-0.3, -0.25) is 4.98 Å². The van der Waals surface area contributed by atoms with E-state index >= 15 is 0 Å². The number of pyridine rings is 2. The Kier molecular flexibility index (Phi) is 3.46. The maximum Gasteiger partial charge on any atom is 0.247 e. The quantitative estimate of drug-likeness (QED) is 0.532. The van der Waals surface area contributed by atoms with Crippen LogP contribution in [0.15, 0.2) is 67.1 Å². The van der Waals surface area contributed by atoms with Crippen LogP contribution in [-0.2, 0) is 0 Å². The molecule has 0 unspecified atom stereocenters. The summed E-state index contributed by atoms with van der Waals surface area (Å²) in [6.45, 7) is 0. The van der Waals surface area contributed by atoms with E-state index < -0.39 is 0 Å². The van der Waals surface area contributed by atoms with E-state index in [0.29, 0.717) is 17.3 Å². The van der Waals surface area contributed by atoms with Gasteiger partial charge in [0.25, 0.3) is 0 Å². The standard InChI is InChI=1S/C19H15N7O/c1-27-16-7-8-17(25-11-3-10-21-25)26-18(16)23-19(24-26)22-14-5-6-15-13(12-14)4-2-9-20-15/h2-12H,1H3,(H,22,24). The van der Waals surface area contributed by atoms with Crippen LogP contribution < -0.4 is 10.1 Å². The van der Waals surface area contributed by atoms with Crippen LogP contribution in [-0.4, -0.2) is 36.5 Å². The van der Waals surface area contributed by atoms with Gasteiger partial charge in [0.05, 0.1) is 12.6 Å². The van der Waals surface area contributed by atoms with E-state index in [1.165, 1.54) is 0 Å². The minimum Gasteiger partial charge on any atom is -0.493 e. The van der Waals surface area contributed by atoms with Crippen molar-refractivity contribution in [3.8, 4) is 11.6 Å². The topological polar surface area (TPSA) is 82.2 Å². The molecule has 1 aromatic carbocycles. The molecule has 0 bridgehead atoms. The molecule has 27 heavy (non-hydrogen) atoms. The zero-order valence-electron chi connectivity index (χ0n) is 14.4. The molecule has 4 aromatic heterocycles. The summed E-state index contributed by atoms with van der Waals surface area (Å²) in [6.07, 6.45) is 5.35. The van der Waals surface area contributed by atoms with Crippen LogP contribution in [0.3, 0.4) is 0 Å². The third-order valence-corrected chi connectivity index (χ3v) is 4.25. The second-order valence-corrected chi connectivity index (χ2v) is 5.92. The van der Waals surface area contributed by atoms with Gasteiger partial charge in [-0.2, -0.15) is 14.6 Å². The number of hydrogen-bond donors (Lipinski definition) is 1. The smallest absolute Gasteiger partial charge is 0.247 e. The van der Waals surface area contributed by atoms with E-state index in [1.54, 1.807) is 28.7 Å². The molecule has 5 rings (SSSR count). The van der Waals surface area contributed by atoms with Crippen molar-refractivity contribution in [2.45, 2.75) is 0 Å². The first-order valence-corrected chi connectivity index (χ1v) is 8.37. The predicted molar refractivity (Wildman–Crippen MR) is 102 cm³/mol. The summed E-state index contributed by atoms with van der Waals surface area (Å²) in [5, 5.41) is 13.2. The molecule has 132 valence electrons. The van der Waals surface area contributed by atoms with Crippen LogP contribution in [0.5, 0.6) is 5.75 Å². The van der Waals surface area contributed by atoms with Gasteiger partial charge in [0, 0.05) is 29.7 Å². The van der Waals surface area contributed by atoms with Crippen LogP contribution in [0.25, 0.3) is 22.4 Å². The molecule has 0 radical (unpaired) electrons. The Bertz CT molecular complexity index is 1240. The van der Waals surface area contributed by atoms with Gasteiger partial charge in [-0.05, 0) is 42.5 Å². The summed E-state index contributed by atoms with van der Waals surface area (Å²) in [5.41, 5.74) is 2.43. The lowest BCUT2D eigenvalue weighted by atomic mass is 10.2. The number of benzene rings is 1. The second kappa shape index (κ2) is 6.10. The Hall–Kier alpha value is -3.94. The van der Waals surface area contributed by atoms with Crippen molar-refractivity contribution in [1.29, 1.82) is 0 Å². The molecular formula is C19H15N7O. The van der Waals surface area contributed by atoms with Gasteiger partial charge >= 0.3 is 0 Å². The Morgan fingerprint density at radius 3 is 2.85 bits per heavy atom. The maximum atomic E-state index is 5.43. The summed E-state index contributed by atoms with van der Waals surface area (Å²) in [6, 6.07) is 15.5. The maximum absolute atomic E-state index is 5.43. The lowest BCUT2D eigenvalue weighted by Crippen LogP contribution is -2.05. The van der Waals surface area contributed by atoms with Crippen LogP contribution in [0, 0.1) is 0 Å². The predicted octanol–water partition coefficient (Wildman–Crippen LogP) is 3.22. The van der Waals surface area contributed by atoms with Crippen molar-refractivity contribution >= 4 is 28.2 Å². The summed E-state index contributed by atoms with van der Waals surface area (Å²) in [5.74, 6) is 1.87. The summed E-state index contributed by atoms with van der Waals surface area (Å²) >= 11 is 0. The first-order chi connectivity index (χ1) is 13.3. The fraction of sp³-hybridized carbons (Fsp3) is 0.0526. The van der Waals surface area contributed by atoms with Gasteiger partial charge in [0.15, 0.2) is 11.6 Å². The van der Waals surface area contributed by atoms with Gasteiger partial charge in [0.1, 0.15) is 0 Å². The molecule has 0 atom stereocenters. The van der Waals surface area contributed by atoms with Gasteiger partial charge < -0.3 is 10.1 Å². The van der Waals surface area contributed by atoms with E-state index in [4.69, 9.17) is 4.74 Å². The number of anilines is 2. The monoisotopic (exact) mass is 357 g/mol. The van der Waals surface area contributed by atoms with Crippen molar-refractivity contribution in [3.05, 3.63) is 67.1 Å². The molecule has 8 nitrogen and oxygen atoms in total. The Morgan fingerprint density at radius 1 is 1.04 bits per heavy atom. The number of fused-ring (bicyclic) bond motifs is 2. The van der Waals surface area contributed by atoms with E-state index in [-0.39, 0.29) is 0 Å². The van der Waals surface area contributed by atoms with Crippen LogP contribution in [0.1, 0.15) is 0 Å². The highest BCUT2D eigenvalue weighted by Crippen LogP contribution is 2.25. The lowest BCUT2D eigenvalue weighted by Gasteiger charge is -2.06. The molecule has 4 heterocycles. The second-order valence-electron chi connectivity index (χ2n) is 5.92.